The molecule has 1 N–H and O–H groups in total. The lowest BCUT2D eigenvalue weighted by Gasteiger charge is -2.33. The van der Waals surface area contributed by atoms with Crippen LogP contribution in [0.1, 0.15) is 12.5 Å². The average molecular weight is 320 g/mol. The Morgan fingerprint density at radius 2 is 1.86 bits per heavy atom. The fraction of sp³-hybridized carbons (Fsp3) is 0.375. The van der Waals surface area contributed by atoms with Gasteiger partial charge in [-0.05, 0) is 26.0 Å². The van der Waals surface area contributed by atoms with Crippen LogP contribution in [0.25, 0.3) is 0 Å². The predicted octanol–water partition coefficient (Wildman–Crippen LogP) is 1.61. The largest absolute Gasteiger partial charge is 0.363 e. The van der Waals surface area contributed by atoms with Crippen molar-refractivity contribution in [2.75, 3.05) is 24.5 Å². The number of amides is 2. The first-order valence-electron chi connectivity index (χ1n) is 7.32. The molecule has 22 heavy (non-hydrogen) atoms. The van der Waals surface area contributed by atoms with E-state index < -0.39 is 5.91 Å². The predicted molar refractivity (Wildman–Crippen MR) is 85.6 cm³/mol. The molecule has 1 fully saturated rings. The molecule has 0 radical (unpaired) electrons. The van der Waals surface area contributed by atoms with Crippen LogP contribution >= 0.6 is 11.6 Å². The summed E-state index contributed by atoms with van der Waals surface area (Å²) in [5, 5.41) is 3.32. The number of nitrogens with one attached hydrogen (secondary N) is 1. The summed E-state index contributed by atoms with van der Waals surface area (Å²) >= 11 is 6.19. The van der Waals surface area contributed by atoms with E-state index in [0.29, 0.717) is 24.5 Å². The first kappa shape index (κ1) is 15.1. The lowest BCUT2D eigenvalue weighted by molar-refractivity contribution is -0.121. The first-order chi connectivity index (χ1) is 10.5. The summed E-state index contributed by atoms with van der Waals surface area (Å²) in [6.07, 6.45) is 0. The molecule has 116 valence electrons. The van der Waals surface area contributed by atoms with Crippen LogP contribution in [0.3, 0.4) is 0 Å². The smallest absolute Gasteiger partial charge is 0.283 e. The monoisotopic (exact) mass is 319 g/mol. The molecule has 0 spiro atoms. The van der Waals surface area contributed by atoms with E-state index in [-0.39, 0.29) is 17.0 Å². The molecule has 3 rings (SSSR count). The van der Waals surface area contributed by atoms with Crippen molar-refractivity contribution >= 4 is 29.1 Å². The number of aryl methyl sites for hydroxylation is 1. The summed E-state index contributed by atoms with van der Waals surface area (Å²) in [4.78, 5) is 28.2. The van der Waals surface area contributed by atoms with Crippen molar-refractivity contribution in [2.24, 2.45) is 0 Å². The van der Waals surface area contributed by atoms with Gasteiger partial charge in [-0.25, -0.2) is 4.90 Å². The van der Waals surface area contributed by atoms with Gasteiger partial charge in [0.15, 0.2) is 0 Å². The number of hydrogen-bond acceptors (Lipinski definition) is 4. The summed E-state index contributed by atoms with van der Waals surface area (Å²) in [6.45, 7) is 6.08. The van der Waals surface area contributed by atoms with E-state index in [0.717, 1.165) is 17.0 Å². The van der Waals surface area contributed by atoms with Crippen LogP contribution in [-0.4, -0.2) is 42.4 Å². The van der Waals surface area contributed by atoms with Crippen molar-refractivity contribution in [1.82, 2.24) is 10.2 Å². The van der Waals surface area contributed by atoms with Gasteiger partial charge >= 0.3 is 0 Å². The lowest BCUT2D eigenvalue weighted by atomic mass is 10.2. The minimum absolute atomic E-state index is 0.0136. The van der Waals surface area contributed by atoms with E-state index in [4.69, 9.17) is 11.6 Å². The highest BCUT2D eigenvalue weighted by molar-refractivity contribution is 6.52. The van der Waals surface area contributed by atoms with E-state index in [1.165, 1.54) is 0 Å². The highest BCUT2D eigenvalue weighted by Crippen LogP contribution is 2.31. The Morgan fingerprint density at radius 3 is 2.50 bits per heavy atom. The number of nitrogens with zero attached hydrogens (tertiary/aromatic N) is 2. The molecule has 0 aromatic heterocycles. The highest BCUT2D eigenvalue weighted by Gasteiger charge is 2.41. The summed E-state index contributed by atoms with van der Waals surface area (Å²) in [7, 11) is 0. The third-order valence-corrected chi connectivity index (χ3v) is 4.32. The Bertz CT molecular complexity index is 654. The molecule has 1 saturated heterocycles. The molecule has 1 aromatic carbocycles. The lowest BCUT2D eigenvalue weighted by Crippen LogP contribution is -2.50. The molecule has 0 bridgehead atoms. The number of hydrogen-bond donors (Lipinski definition) is 1. The first-order valence-corrected chi connectivity index (χ1v) is 7.70. The fourth-order valence-electron chi connectivity index (χ4n) is 2.83. The third kappa shape index (κ3) is 2.51. The normalized spacial score (nSPS) is 22.8. The Kier molecular flexibility index (Phi) is 3.93. The zero-order valence-corrected chi connectivity index (χ0v) is 13.4. The summed E-state index contributed by atoms with van der Waals surface area (Å²) in [5.74, 6) is -0.787. The molecular weight excluding hydrogens is 302 g/mol. The fourth-order valence-corrected chi connectivity index (χ4v) is 3.11. The van der Waals surface area contributed by atoms with E-state index in [9.17, 15) is 9.59 Å². The summed E-state index contributed by atoms with van der Waals surface area (Å²) < 4.78 is 0. The molecular formula is C16H18ClN3O2. The Balaban J connectivity index is 1.91. The quantitative estimate of drug-likeness (QED) is 0.842. The molecule has 0 aliphatic carbocycles. The van der Waals surface area contributed by atoms with Crippen LogP contribution in [0.5, 0.6) is 0 Å². The van der Waals surface area contributed by atoms with Crippen LogP contribution in [-0.2, 0) is 9.59 Å². The minimum Gasteiger partial charge on any atom is -0.363 e. The molecule has 5 nitrogen and oxygen atoms in total. The average Bonchev–Trinajstić information content (AvgIpc) is 2.71. The van der Waals surface area contributed by atoms with Crippen LogP contribution in [0.15, 0.2) is 35.0 Å². The molecule has 0 unspecified atom stereocenters. The molecule has 1 atom stereocenters. The SMILES string of the molecule is Cc1ccc(N2C(=O)C(Cl)=C(N3CCN[C@H](C)C3)C2=O)cc1. The van der Waals surface area contributed by atoms with Gasteiger partial charge in [-0.2, -0.15) is 0 Å². The molecule has 2 aliphatic heterocycles. The highest BCUT2D eigenvalue weighted by atomic mass is 35.5. The van der Waals surface area contributed by atoms with Gasteiger partial charge in [-0.3, -0.25) is 9.59 Å². The Hall–Kier alpha value is -1.85. The molecule has 2 amide bonds. The van der Waals surface area contributed by atoms with Crippen molar-refractivity contribution in [3.8, 4) is 0 Å². The zero-order valence-electron chi connectivity index (χ0n) is 12.6. The van der Waals surface area contributed by atoms with Gasteiger partial charge in [0.2, 0.25) is 0 Å². The number of imide groups is 1. The second-order valence-corrected chi connectivity index (χ2v) is 6.12. The molecule has 0 saturated carbocycles. The number of rotatable bonds is 2. The number of halogens is 1. The van der Waals surface area contributed by atoms with Crippen LogP contribution < -0.4 is 10.2 Å². The third-order valence-electron chi connectivity index (χ3n) is 3.98. The second-order valence-electron chi connectivity index (χ2n) is 5.75. The molecule has 6 heteroatoms. The van der Waals surface area contributed by atoms with Gasteiger partial charge in [0.1, 0.15) is 10.7 Å². The van der Waals surface area contributed by atoms with Crippen molar-refractivity contribution < 1.29 is 9.59 Å². The van der Waals surface area contributed by atoms with Crippen LogP contribution in [0, 0.1) is 6.92 Å². The second kappa shape index (κ2) is 5.74. The number of piperazine rings is 1. The van der Waals surface area contributed by atoms with Gasteiger partial charge in [-0.15, -0.1) is 0 Å². The number of anilines is 1. The van der Waals surface area contributed by atoms with E-state index in [1.54, 1.807) is 12.1 Å². The van der Waals surface area contributed by atoms with Crippen molar-refractivity contribution in [2.45, 2.75) is 19.9 Å². The van der Waals surface area contributed by atoms with Crippen molar-refractivity contribution in [3.63, 3.8) is 0 Å². The molecule has 1 aromatic rings. The van der Waals surface area contributed by atoms with E-state index in [1.807, 2.05) is 30.9 Å². The molecule has 2 heterocycles. The summed E-state index contributed by atoms with van der Waals surface area (Å²) in [6, 6.07) is 7.52. The van der Waals surface area contributed by atoms with Crippen LogP contribution in [0.4, 0.5) is 5.69 Å². The number of carbonyl (C=O) groups is 2. The van der Waals surface area contributed by atoms with Crippen LogP contribution in [0.2, 0.25) is 0 Å². The minimum atomic E-state index is -0.447. The van der Waals surface area contributed by atoms with E-state index >= 15 is 0 Å². The summed E-state index contributed by atoms with van der Waals surface area (Å²) in [5.41, 5.74) is 1.94. The topological polar surface area (TPSA) is 52.7 Å². The van der Waals surface area contributed by atoms with Gasteiger partial charge in [0, 0.05) is 25.7 Å². The Morgan fingerprint density at radius 1 is 1.18 bits per heavy atom. The van der Waals surface area contributed by atoms with E-state index in [2.05, 4.69) is 5.32 Å². The van der Waals surface area contributed by atoms with Gasteiger partial charge in [0.25, 0.3) is 11.8 Å². The maximum absolute atomic E-state index is 12.7. The standard InChI is InChI=1S/C16H18ClN3O2/c1-10-3-5-12(6-4-10)20-15(21)13(17)14(16(20)22)19-8-7-18-11(2)9-19/h3-6,11,18H,7-9H2,1-2H3/t11-/m1/s1. The van der Waals surface area contributed by atoms with Gasteiger partial charge < -0.3 is 10.2 Å². The maximum Gasteiger partial charge on any atom is 0.283 e. The van der Waals surface area contributed by atoms with Gasteiger partial charge in [0.05, 0.1) is 5.69 Å². The Labute approximate surface area is 134 Å². The maximum atomic E-state index is 12.7. The van der Waals surface area contributed by atoms with Crippen molar-refractivity contribution in [3.05, 3.63) is 40.6 Å². The van der Waals surface area contributed by atoms with Gasteiger partial charge in [-0.1, -0.05) is 29.3 Å². The number of benzene rings is 1. The zero-order chi connectivity index (χ0) is 15.9. The molecule has 2 aliphatic rings. The van der Waals surface area contributed by atoms with Crippen molar-refractivity contribution in [1.29, 1.82) is 0 Å². The number of carbonyl (C=O) groups excluding carboxylic acids is 2.